The maximum Gasteiger partial charge on any atom is 0.352 e. The second-order valence-corrected chi connectivity index (χ2v) is 5.16. The first-order valence-corrected chi connectivity index (χ1v) is 8.05. The van der Waals surface area contributed by atoms with Gasteiger partial charge in [0.2, 0.25) is 0 Å². The minimum atomic E-state index is -0.477. The van der Waals surface area contributed by atoms with Gasteiger partial charge in [0.25, 0.3) is 0 Å². The van der Waals surface area contributed by atoms with Gasteiger partial charge in [0.1, 0.15) is 43.2 Å². The Balaban J connectivity index is 0.000000212. The van der Waals surface area contributed by atoms with Crippen LogP contribution in [0, 0.1) is 20.8 Å². The summed E-state index contributed by atoms with van der Waals surface area (Å²) in [6.07, 6.45) is 3.99. The minimum absolute atomic E-state index is 0.227. The van der Waals surface area contributed by atoms with Crippen molar-refractivity contribution in [2.24, 2.45) is 0 Å². The Morgan fingerprint density at radius 3 is 1.79 bits per heavy atom. The van der Waals surface area contributed by atoms with Crippen LogP contribution >= 0.6 is 0 Å². The number of hydrogen-bond acceptors (Lipinski definition) is 10. The van der Waals surface area contributed by atoms with Crippen molar-refractivity contribution in [3.8, 4) is 0 Å². The van der Waals surface area contributed by atoms with Gasteiger partial charge >= 0.3 is 17.1 Å². The molecule has 3 heterocycles. The first-order valence-electron chi connectivity index (χ1n) is 8.05. The van der Waals surface area contributed by atoms with E-state index in [2.05, 4.69) is 34.9 Å². The Bertz CT molecular complexity index is 998. The highest BCUT2D eigenvalue weighted by molar-refractivity contribution is 4.78. The number of aromatic nitrogens is 9. The summed E-state index contributed by atoms with van der Waals surface area (Å²) in [4.78, 5) is 56.0. The maximum atomic E-state index is 10.9. The second-order valence-electron chi connectivity index (χ2n) is 5.16. The lowest BCUT2D eigenvalue weighted by molar-refractivity contribution is 0.202. The van der Waals surface area contributed by atoms with Gasteiger partial charge in [-0.3, -0.25) is 14.1 Å². The van der Waals surface area contributed by atoms with E-state index in [1.54, 1.807) is 20.8 Å². The molecule has 0 atom stereocenters. The van der Waals surface area contributed by atoms with Crippen molar-refractivity contribution in [3.05, 3.63) is 67.9 Å². The zero-order chi connectivity index (χ0) is 21.1. The molecule has 3 rings (SSSR count). The smallest absolute Gasteiger partial charge is 0.352 e. The largest absolute Gasteiger partial charge is 0.376 e. The predicted molar refractivity (Wildman–Crippen MR) is 97.3 cm³/mol. The molecule has 0 aliphatic carbocycles. The molecule has 28 heavy (non-hydrogen) atoms. The van der Waals surface area contributed by atoms with Crippen LogP contribution < -0.4 is 17.1 Å². The van der Waals surface area contributed by atoms with Crippen LogP contribution in [0.3, 0.4) is 0 Å². The molecular weight excluding hydrogens is 370 g/mol. The lowest BCUT2D eigenvalue weighted by Gasteiger charge is -1.97. The fraction of sp³-hybridized carbons (Fsp3) is 0.400. The number of rotatable bonds is 2. The zero-order valence-electron chi connectivity index (χ0n) is 15.9. The molecule has 0 aliphatic heterocycles. The lowest BCUT2D eigenvalue weighted by atomic mass is 10.7. The molecule has 0 saturated heterocycles. The summed E-state index contributed by atoms with van der Waals surface area (Å²) >= 11 is 0. The highest BCUT2D eigenvalue weighted by Gasteiger charge is 1.94. The average molecular weight is 391 g/mol. The average Bonchev–Trinajstić information content (AvgIpc) is 2.63. The van der Waals surface area contributed by atoms with Crippen molar-refractivity contribution in [2.45, 2.75) is 41.0 Å². The number of nitrogens with zero attached hydrogens (tertiary/aromatic N) is 8. The van der Waals surface area contributed by atoms with E-state index < -0.39 is 5.69 Å². The molecule has 0 aliphatic rings. The molecule has 13 nitrogen and oxygen atoms in total. The summed E-state index contributed by atoms with van der Waals surface area (Å²) in [5.41, 5.74) is -1.05. The van der Waals surface area contributed by atoms with E-state index >= 15 is 0 Å². The van der Waals surface area contributed by atoms with Gasteiger partial charge in [0, 0.05) is 6.54 Å². The summed E-state index contributed by atoms with van der Waals surface area (Å²) < 4.78 is 2.46. The lowest BCUT2D eigenvalue weighted by Crippen LogP contribution is -2.23. The number of aliphatic hydroxyl groups excluding tert-OH is 1. The van der Waals surface area contributed by atoms with Crippen molar-refractivity contribution < 1.29 is 5.11 Å². The van der Waals surface area contributed by atoms with Crippen molar-refractivity contribution in [1.82, 2.24) is 44.0 Å². The fourth-order valence-corrected chi connectivity index (χ4v) is 1.57. The monoisotopic (exact) mass is 391 g/mol. The number of aliphatic hydroxyl groups is 1. The van der Waals surface area contributed by atoms with Crippen molar-refractivity contribution in [3.63, 3.8) is 0 Å². The van der Waals surface area contributed by atoms with Crippen LogP contribution in [-0.2, 0) is 13.3 Å². The second kappa shape index (κ2) is 11.2. The quantitative estimate of drug-likeness (QED) is 0.514. The molecule has 0 unspecified atom stereocenters. The molecular formula is C15H21N9O4. The van der Waals surface area contributed by atoms with Crippen LogP contribution in [0.2, 0.25) is 0 Å². The number of nitrogens with one attached hydrogen (secondary N) is 1. The van der Waals surface area contributed by atoms with Gasteiger partial charge in [-0.15, -0.1) is 0 Å². The van der Waals surface area contributed by atoms with E-state index in [-0.39, 0.29) is 18.1 Å². The summed E-state index contributed by atoms with van der Waals surface area (Å²) in [5.74, 6) is 1.52. The number of aromatic amines is 1. The topological polar surface area (TPSA) is 174 Å². The maximum absolute atomic E-state index is 10.9. The molecule has 0 bridgehead atoms. The van der Waals surface area contributed by atoms with Crippen LogP contribution in [0.4, 0.5) is 0 Å². The minimum Gasteiger partial charge on any atom is -0.376 e. The molecule has 13 heteroatoms. The highest BCUT2D eigenvalue weighted by Crippen LogP contribution is 1.78. The first-order chi connectivity index (χ1) is 13.3. The first kappa shape index (κ1) is 22.4. The van der Waals surface area contributed by atoms with E-state index in [1.807, 2.05) is 6.92 Å². The molecule has 0 spiro atoms. The van der Waals surface area contributed by atoms with Gasteiger partial charge in [0.15, 0.2) is 0 Å². The molecule has 3 aromatic rings. The summed E-state index contributed by atoms with van der Waals surface area (Å²) in [5, 5.41) is 8.49. The standard InChI is InChI=1S/C6H9N3O.C5H7N3O2.C4H5N3O/c1-3-9-4-7-5(2)8-6(9)10;1-4-6-2-8(3-9)5(10)7-4;1-3-5-2-6-4(8)7-3/h4H,3H2,1-2H3;2,9H,3H2,1H3;2H,1H3,(H,5,6,7,8). The summed E-state index contributed by atoms with van der Waals surface area (Å²) in [7, 11) is 0. The van der Waals surface area contributed by atoms with Gasteiger partial charge in [-0.1, -0.05) is 0 Å². The molecule has 0 fully saturated rings. The van der Waals surface area contributed by atoms with Crippen molar-refractivity contribution in [2.75, 3.05) is 0 Å². The van der Waals surface area contributed by atoms with E-state index in [9.17, 15) is 14.4 Å². The van der Waals surface area contributed by atoms with Crippen molar-refractivity contribution in [1.29, 1.82) is 0 Å². The number of H-pyrrole nitrogens is 1. The van der Waals surface area contributed by atoms with E-state index in [4.69, 9.17) is 5.11 Å². The van der Waals surface area contributed by atoms with E-state index in [1.165, 1.54) is 23.5 Å². The SMILES string of the molecule is CCn1cnc(C)nc1=O.Cc1ncn(CO)c(=O)n1.Cc1ncnc(=O)[nH]1. The molecule has 150 valence electrons. The van der Waals surface area contributed by atoms with Crippen LogP contribution in [0.5, 0.6) is 0 Å². The molecule has 0 aromatic carbocycles. The molecule has 0 radical (unpaired) electrons. The van der Waals surface area contributed by atoms with Crippen LogP contribution in [0.25, 0.3) is 0 Å². The third kappa shape index (κ3) is 7.74. The third-order valence-corrected chi connectivity index (χ3v) is 2.98. The Morgan fingerprint density at radius 1 is 0.893 bits per heavy atom. The molecule has 2 N–H and O–H groups in total. The predicted octanol–water partition coefficient (Wildman–Crippen LogP) is -1.66. The van der Waals surface area contributed by atoms with Gasteiger partial charge in [0.05, 0.1) is 0 Å². The third-order valence-electron chi connectivity index (χ3n) is 2.98. The normalized spacial score (nSPS) is 9.61. The number of aryl methyl sites for hydroxylation is 4. The Labute approximate surface area is 158 Å². The summed E-state index contributed by atoms with van der Waals surface area (Å²) in [6.45, 7) is 7.13. The molecule has 3 aromatic heterocycles. The van der Waals surface area contributed by atoms with Crippen LogP contribution in [0.1, 0.15) is 24.4 Å². The van der Waals surface area contributed by atoms with Gasteiger partial charge < -0.3 is 5.11 Å². The van der Waals surface area contributed by atoms with Gasteiger partial charge in [-0.05, 0) is 27.7 Å². The fourth-order valence-electron chi connectivity index (χ4n) is 1.57. The van der Waals surface area contributed by atoms with Gasteiger partial charge in [-0.25, -0.2) is 29.3 Å². The Hall–Kier alpha value is -3.61. The van der Waals surface area contributed by atoms with E-state index in [0.29, 0.717) is 24.0 Å². The zero-order valence-corrected chi connectivity index (χ0v) is 15.9. The summed E-state index contributed by atoms with van der Waals surface area (Å²) in [6, 6.07) is 0. The van der Waals surface area contributed by atoms with Crippen molar-refractivity contribution >= 4 is 0 Å². The van der Waals surface area contributed by atoms with E-state index in [0.717, 1.165) is 4.57 Å². The van der Waals surface area contributed by atoms with Crippen LogP contribution in [-0.4, -0.2) is 49.1 Å². The Morgan fingerprint density at radius 2 is 1.43 bits per heavy atom. The van der Waals surface area contributed by atoms with Crippen LogP contribution in [0.15, 0.2) is 33.4 Å². The number of hydrogen-bond donors (Lipinski definition) is 2. The molecule has 0 saturated carbocycles. The highest BCUT2D eigenvalue weighted by atomic mass is 16.3. The van der Waals surface area contributed by atoms with Gasteiger partial charge in [-0.2, -0.15) is 15.0 Å². The molecule has 0 amide bonds. The Kier molecular flexibility index (Phi) is 8.95.